The Morgan fingerprint density at radius 2 is 1.13 bits per heavy atom. The molecule has 0 saturated carbocycles. The van der Waals surface area contributed by atoms with E-state index in [1.165, 1.54) is 0 Å². The van der Waals surface area contributed by atoms with Gasteiger partial charge in [-0.25, -0.2) is 0 Å². The normalized spacial score (nSPS) is 14.2. The predicted octanol–water partition coefficient (Wildman–Crippen LogP) is 12.2. The number of aromatic hydroxyl groups is 5. The van der Waals surface area contributed by atoms with E-state index >= 15 is 0 Å². The van der Waals surface area contributed by atoms with Crippen molar-refractivity contribution < 1.29 is 29.9 Å². The number of phenols is 5. The molecule has 0 amide bonds. The van der Waals surface area contributed by atoms with Crippen molar-refractivity contribution in [1.29, 1.82) is 0 Å². The van der Waals surface area contributed by atoms with E-state index in [-0.39, 0.29) is 11.5 Å². The Morgan fingerprint density at radius 3 is 1.74 bits per heavy atom. The summed E-state index contributed by atoms with van der Waals surface area (Å²) >= 11 is 0. The smallest absolute Gasteiger partial charge is 0.208 e. The highest BCUT2D eigenvalue weighted by atomic mass is 16.4. The zero-order chi connectivity index (χ0) is 37.2. The Kier molecular flexibility index (Phi) is 7.57. The lowest BCUT2D eigenvalue weighted by molar-refractivity contribution is 0.330. The molecule has 1 unspecified atom stereocenters. The van der Waals surface area contributed by atoms with Crippen LogP contribution < -0.4 is 0 Å². The summed E-state index contributed by atoms with van der Waals surface area (Å²) in [5.41, 5.74) is 6.48. The molecule has 0 spiro atoms. The molecule has 8 aromatic rings. The van der Waals surface area contributed by atoms with Gasteiger partial charge in [0.15, 0.2) is 11.5 Å². The van der Waals surface area contributed by atoms with Crippen molar-refractivity contribution in [1.82, 2.24) is 0 Å². The third-order valence-electron chi connectivity index (χ3n) is 10.5. The third-order valence-corrected chi connectivity index (χ3v) is 10.5. The average molecular weight is 707 g/mol. The van der Waals surface area contributed by atoms with E-state index in [2.05, 4.69) is 61.2 Å². The number of hydrogen-bond acceptors (Lipinski definition) is 6. The van der Waals surface area contributed by atoms with Crippen LogP contribution in [0.15, 0.2) is 150 Å². The van der Waals surface area contributed by atoms with E-state index in [0.29, 0.717) is 16.5 Å². The summed E-state index contributed by atoms with van der Waals surface area (Å²) < 4.78 is 6.64. The van der Waals surface area contributed by atoms with E-state index in [1.807, 2.05) is 91.9 Å². The number of allylic oxidation sites excluding steroid dienone is 6. The summed E-state index contributed by atoms with van der Waals surface area (Å²) in [5.74, 6) is -3.68. The second-order valence-corrected chi connectivity index (χ2v) is 13.5. The Labute approximate surface area is 310 Å². The maximum Gasteiger partial charge on any atom is 0.208 e. The first kappa shape index (κ1) is 32.7. The van der Waals surface area contributed by atoms with Gasteiger partial charge in [-0.2, -0.15) is 0 Å². The first-order valence-corrected chi connectivity index (χ1v) is 17.7. The molecule has 9 rings (SSSR count). The van der Waals surface area contributed by atoms with Gasteiger partial charge in [0.1, 0.15) is 11.3 Å². The van der Waals surface area contributed by atoms with Crippen LogP contribution in [0.4, 0.5) is 0 Å². The van der Waals surface area contributed by atoms with Crippen molar-refractivity contribution in [3.63, 3.8) is 0 Å². The van der Waals surface area contributed by atoms with Crippen molar-refractivity contribution in [3.8, 4) is 62.1 Å². The zero-order valence-electron chi connectivity index (χ0n) is 29.2. The second kappa shape index (κ2) is 12.5. The molecule has 1 heterocycles. The van der Waals surface area contributed by atoms with Gasteiger partial charge in [0, 0.05) is 16.5 Å². The predicted molar refractivity (Wildman–Crippen MR) is 218 cm³/mol. The van der Waals surface area contributed by atoms with Crippen molar-refractivity contribution in [3.05, 3.63) is 157 Å². The number of phenolic OH excluding ortho intramolecular Hbond substituents is 5. The largest absolute Gasteiger partial charge is 0.504 e. The topological polar surface area (TPSA) is 114 Å². The van der Waals surface area contributed by atoms with E-state index in [4.69, 9.17) is 4.42 Å². The van der Waals surface area contributed by atoms with Gasteiger partial charge < -0.3 is 29.9 Å². The zero-order valence-corrected chi connectivity index (χ0v) is 29.2. The maximum atomic E-state index is 11.4. The molecular weight excluding hydrogens is 673 g/mol. The number of fused-ring (bicyclic) bond motifs is 6. The molecule has 0 bridgehead atoms. The van der Waals surface area contributed by atoms with Gasteiger partial charge >= 0.3 is 0 Å². The monoisotopic (exact) mass is 706 g/mol. The minimum atomic E-state index is -1.01. The Morgan fingerprint density at radius 1 is 0.556 bits per heavy atom. The first-order valence-electron chi connectivity index (χ1n) is 17.7. The lowest BCUT2D eigenvalue weighted by atomic mass is 9.81. The van der Waals surface area contributed by atoms with E-state index in [1.54, 1.807) is 0 Å². The number of hydrogen-bond donors (Lipinski definition) is 5. The highest BCUT2D eigenvalue weighted by Crippen LogP contribution is 2.58. The van der Waals surface area contributed by atoms with Crippen LogP contribution in [0.1, 0.15) is 24.2 Å². The lowest BCUT2D eigenvalue weighted by Gasteiger charge is -2.22. The number of benzene rings is 7. The fraction of sp³-hybridized carbons (Fsp3) is 0.0417. The molecule has 6 nitrogen and oxygen atoms in total. The van der Waals surface area contributed by atoms with Gasteiger partial charge in [0.05, 0.1) is 11.5 Å². The average Bonchev–Trinajstić information content (AvgIpc) is 3.49. The third kappa shape index (κ3) is 4.73. The summed E-state index contributed by atoms with van der Waals surface area (Å²) in [6.07, 6.45) is 12.4. The molecule has 0 saturated heterocycles. The molecule has 7 aromatic carbocycles. The van der Waals surface area contributed by atoms with Crippen LogP contribution in [0.5, 0.6) is 28.7 Å². The molecule has 0 aliphatic heterocycles. The standard InChI is InChI=1S/C48H34O6/c1-3-12-26-21-23-36-40-34(19-11-20-37(40)54-48(36)27(4-2)25-26)38-30-15-7-9-17-32(30)39(33-18-10-8-16-31(33)38)35-24-22-28-13-5-6-14-29(28)41(35)42-43(49)45(51)47(53)46(52)44(42)50/h3-25,27,49-53H,2H2,1H3/b12-3-. The van der Waals surface area contributed by atoms with Crippen LogP contribution >= 0.6 is 0 Å². The fourth-order valence-electron chi connectivity index (χ4n) is 8.19. The minimum absolute atomic E-state index is 0.129. The van der Waals surface area contributed by atoms with Crippen molar-refractivity contribution >= 4 is 49.4 Å². The fourth-order valence-corrected chi connectivity index (χ4v) is 8.19. The second-order valence-electron chi connectivity index (χ2n) is 13.5. The van der Waals surface area contributed by atoms with Crippen LogP contribution in [0.3, 0.4) is 0 Å². The summed E-state index contributed by atoms with van der Waals surface area (Å²) in [4.78, 5) is 0. The number of rotatable bonds is 5. The van der Waals surface area contributed by atoms with E-state index < -0.39 is 28.7 Å². The lowest BCUT2D eigenvalue weighted by Crippen LogP contribution is -1.95. The van der Waals surface area contributed by atoms with Crippen LogP contribution in [0.2, 0.25) is 0 Å². The molecule has 0 fully saturated rings. The summed E-state index contributed by atoms with van der Waals surface area (Å²) in [6, 6.07) is 33.8. The van der Waals surface area contributed by atoms with Crippen molar-refractivity contribution in [2.45, 2.75) is 12.8 Å². The van der Waals surface area contributed by atoms with Gasteiger partial charge in [0.25, 0.3) is 0 Å². The molecular formula is C48H34O6. The quantitative estimate of drug-likeness (QED) is 0.0527. The van der Waals surface area contributed by atoms with Crippen molar-refractivity contribution in [2.75, 3.05) is 0 Å². The molecule has 262 valence electrons. The van der Waals surface area contributed by atoms with E-state index in [0.717, 1.165) is 71.5 Å². The van der Waals surface area contributed by atoms with Crippen LogP contribution in [-0.4, -0.2) is 25.5 Å². The molecule has 6 heteroatoms. The Bertz CT molecular complexity index is 2890. The molecule has 1 aromatic heterocycles. The Hall–Kier alpha value is -7.18. The SMILES string of the molecule is C=CC1C=C(/C=C\C)C=Cc2c1oc1cccc(-c3c4ccccc4c(-c4ccc5ccccc5c4-c4c(O)c(O)c(O)c(O)c4O)c4ccccc34)c21. The van der Waals surface area contributed by atoms with Crippen LogP contribution in [-0.2, 0) is 0 Å². The van der Waals surface area contributed by atoms with Gasteiger partial charge in [-0.1, -0.05) is 134 Å². The van der Waals surface area contributed by atoms with Gasteiger partial charge in [0.2, 0.25) is 17.2 Å². The molecule has 1 atom stereocenters. The summed E-state index contributed by atoms with van der Waals surface area (Å²) in [7, 11) is 0. The maximum absolute atomic E-state index is 11.4. The summed E-state index contributed by atoms with van der Waals surface area (Å²) in [6.45, 7) is 6.13. The molecule has 54 heavy (non-hydrogen) atoms. The van der Waals surface area contributed by atoms with Gasteiger partial charge in [-0.3, -0.25) is 0 Å². The van der Waals surface area contributed by atoms with Gasteiger partial charge in [-0.05, 0) is 73.1 Å². The molecule has 1 aliphatic rings. The van der Waals surface area contributed by atoms with Crippen molar-refractivity contribution in [2.24, 2.45) is 0 Å². The Balaban J connectivity index is 1.42. The molecule has 1 aliphatic carbocycles. The molecule has 5 N–H and O–H groups in total. The van der Waals surface area contributed by atoms with Crippen LogP contribution in [0, 0.1) is 0 Å². The van der Waals surface area contributed by atoms with Gasteiger partial charge in [-0.15, -0.1) is 6.58 Å². The highest BCUT2D eigenvalue weighted by molar-refractivity contribution is 6.26. The highest BCUT2D eigenvalue weighted by Gasteiger charge is 2.30. The van der Waals surface area contributed by atoms with E-state index in [9.17, 15) is 25.5 Å². The first-order chi connectivity index (χ1) is 26.3. The number of furan rings is 1. The molecule has 0 radical (unpaired) electrons. The summed E-state index contributed by atoms with van der Waals surface area (Å²) in [5, 5.41) is 60.7. The van der Waals surface area contributed by atoms with Crippen LogP contribution in [0.25, 0.3) is 82.7 Å². The minimum Gasteiger partial charge on any atom is -0.504 e.